The van der Waals surface area contributed by atoms with E-state index in [4.69, 9.17) is 0 Å². The fourth-order valence-corrected chi connectivity index (χ4v) is 3.02. The van der Waals surface area contributed by atoms with Crippen LogP contribution in [0, 0.1) is 2.88 Å². The minimum absolute atomic E-state index is 0.0911. The summed E-state index contributed by atoms with van der Waals surface area (Å²) in [5.41, 5.74) is 2.11. The molecule has 2 heterocycles. The van der Waals surface area contributed by atoms with Gasteiger partial charge in [0.15, 0.2) is 0 Å². The van der Waals surface area contributed by atoms with Crippen LogP contribution in [-0.4, -0.2) is 10.1 Å². The summed E-state index contributed by atoms with van der Waals surface area (Å²) < 4.78 is 1.20. The largest absolute Gasteiger partial charge is 0.388 e. The SMILES string of the molecule is CC(c1ccncc1)C(O)c1csc(I)c1. The van der Waals surface area contributed by atoms with Gasteiger partial charge < -0.3 is 5.11 Å². The van der Waals surface area contributed by atoms with E-state index < -0.39 is 6.10 Å². The highest BCUT2D eigenvalue weighted by molar-refractivity contribution is 14.1. The summed E-state index contributed by atoms with van der Waals surface area (Å²) in [7, 11) is 0. The Bertz CT molecular complexity index is 457. The van der Waals surface area contributed by atoms with Crippen molar-refractivity contribution in [3.05, 3.63) is 50.0 Å². The van der Waals surface area contributed by atoms with Crippen molar-refractivity contribution in [1.29, 1.82) is 0 Å². The van der Waals surface area contributed by atoms with Crippen LogP contribution in [-0.2, 0) is 0 Å². The number of aliphatic hydroxyl groups is 1. The van der Waals surface area contributed by atoms with Crippen molar-refractivity contribution in [3.8, 4) is 0 Å². The standard InChI is InChI=1S/C12H12INOS/c1-8(9-2-4-14-5-3-9)12(15)10-6-11(13)16-7-10/h2-8,12,15H,1H3. The molecular formula is C12H12INOS. The van der Waals surface area contributed by atoms with Crippen molar-refractivity contribution in [2.45, 2.75) is 18.9 Å². The first kappa shape index (κ1) is 12.0. The van der Waals surface area contributed by atoms with Crippen molar-refractivity contribution in [3.63, 3.8) is 0 Å². The van der Waals surface area contributed by atoms with Gasteiger partial charge in [0.05, 0.1) is 8.99 Å². The Hall–Kier alpha value is -0.460. The molecule has 4 heteroatoms. The Morgan fingerprint density at radius 3 is 2.56 bits per heavy atom. The first-order chi connectivity index (χ1) is 7.68. The lowest BCUT2D eigenvalue weighted by molar-refractivity contribution is 0.152. The van der Waals surface area contributed by atoms with Gasteiger partial charge in [0.1, 0.15) is 0 Å². The summed E-state index contributed by atoms with van der Waals surface area (Å²) in [6.45, 7) is 2.03. The molecule has 2 atom stereocenters. The highest BCUT2D eigenvalue weighted by Gasteiger charge is 2.18. The summed E-state index contributed by atoms with van der Waals surface area (Å²) in [6, 6.07) is 5.93. The number of aromatic nitrogens is 1. The fraction of sp³-hybridized carbons (Fsp3) is 0.250. The first-order valence-corrected chi connectivity index (χ1v) is 6.96. The lowest BCUT2D eigenvalue weighted by atomic mass is 9.93. The molecule has 2 aromatic heterocycles. The summed E-state index contributed by atoms with van der Waals surface area (Å²) in [4.78, 5) is 3.98. The first-order valence-electron chi connectivity index (χ1n) is 5.00. The second kappa shape index (κ2) is 5.25. The average molecular weight is 345 g/mol. The quantitative estimate of drug-likeness (QED) is 0.863. The molecule has 2 nitrogen and oxygen atoms in total. The number of rotatable bonds is 3. The summed E-state index contributed by atoms with van der Waals surface area (Å²) in [5, 5.41) is 12.3. The van der Waals surface area contributed by atoms with Gasteiger partial charge in [0, 0.05) is 18.3 Å². The van der Waals surface area contributed by atoms with Crippen LogP contribution < -0.4 is 0 Å². The number of hydrogen-bond acceptors (Lipinski definition) is 3. The number of nitrogens with zero attached hydrogens (tertiary/aromatic N) is 1. The van der Waals surface area contributed by atoms with Gasteiger partial charge >= 0.3 is 0 Å². The molecule has 2 unspecified atom stereocenters. The molecule has 0 aliphatic carbocycles. The Kier molecular flexibility index (Phi) is 3.94. The molecular weight excluding hydrogens is 333 g/mol. The van der Waals surface area contributed by atoms with E-state index in [1.807, 2.05) is 30.5 Å². The number of halogens is 1. The van der Waals surface area contributed by atoms with E-state index in [0.29, 0.717) is 0 Å². The smallest absolute Gasteiger partial charge is 0.0864 e. The van der Waals surface area contributed by atoms with E-state index in [0.717, 1.165) is 11.1 Å². The Balaban J connectivity index is 2.19. The maximum atomic E-state index is 10.2. The van der Waals surface area contributed by atoms with E-state index in [-0.39, 0.29) is 5.92 Å². The second-order valence-electron chi connectivity index (χ2n) is 3.70. The third-order valence-corrected chi connectivity index (χ3v) is 4.44. The maximum absolute atomic E-state index is 10.2. The highest BCUT2D eigenvalue weighted by Crippen LogP contribution is 2.32. The second-order valence-corrected chi connectivity index (χ2v) is 6.50. The topological polar surface area (TPSA) is 33.1 Å². The molecule has 0 aliphatic rings. The minimum atomic E-state index is -0.442. The highest BCUT2D eigenvalue weighted by atomic mass is 127. The van der Waals surface area contributed by atoms with Crippen LogP contribution in [0.2, 0.25) is 0 Å². The molecule has 0 bridgehead atoms. The summed E-state index contributed by atoms with van der Waals surface area (Å²) in [6.07, 6.45) is 3.08. The fourth-order valence-electron chi connectivity index (χ4n) is 1.62. The summed E-state index contributed by atoms with van der Waals surface area (Å²) in [5.74, 6) is 0.0911. The molecule has 0 radical (unpaired) electrons. The van der Waals surface area contributed by atoms with Crippen molar-refractivity contribution in [2.24, 2.45) is 0 Å². The third kappa shape index (κ3) is 2.61. The Labute approximate surface area is 112 Å². The van der Waals surface area contributed by atoms with Crippen molar-refractivity contribution >= 4 is 33.9 Å². The number of thiophene rings is 1. The lowest BCUT2D eigenvalue weighted by Gasteiger charge is -2.18. The number of aliphatic hydroxyl groups excluding tert-OH is 1. The molecule has 84 valence electrons. The van der Waals surface area contributed by atoms with Gasteiger partial charge in [-0.25, -0.2) is 0 Å². The van der Waals surface area contributed by atoms with E-state index in [1.165, 1.54) is 2.88 Å². The Morgan fingerprint density at radius 2 is 2.00 bits per heavy atom. The normalized spacial score (nSPS) is 14.7. The third-order valence-electron chi connectivity index (χ3n) is 2.63. The molecule has 2 aromatic rings. The zero-order valence-corrected chi connectivity index (χ0v) is 11.8. The number of pyridine rings is 1. The van der Waals surface area contributed by atoms with Gasteiger partial charge in [0.2, 0.25) is 0 Å². The van der Waals surface area contributed by atoms with E-state index >= 15 is 0 Å². The van der Waals surface area contributed by atoms with Gasteiger partial charge in [-0.3, -0.25) is 4.98 Å². The zero-order valence-electron chi connectivity index (χ0n) is 8.80. The van der Waals surface area contributed by atoms with Gasteiger partial charge in [-0.05, 0) is 57.3 Å². The van der Waals surface area contributed by atoms with Gasteiger partial charge in [-0.1, -0.05) is 6.92 Å². The average Bonchev–Trinajstić information content (AvgIpc) is 2.75. The Morgan fingerprint density at radius 1 is 1.31 bits per heavy atom. The predicted octanol–water partition coefficient (Wildman–Crippen LogP) is 3.58. The molecule has 0 saturated heterocycles. The molecule has 16 heavy (non-hydrogen) atoms. The molecule has 2 rings (SSSR count). The molecule has 0 amide bonds. The number of hydrogen-bond donors (Lipinski definition) is 1. The van der Waals surface area contributed by atoms with Crippen LogP contribution in [0.5, 0.6) is 0 Å². The van der Waals surface area contributed by atoms with E-state index in [9.17, 15) is 5.11 Å². The van der Waals surface area contributed by atoms with Gasteiger partial charge in [0.25, 0.3) is 0 Å². The van der Waals surface area contributed by atoms with Crippen LogP contribution in [0.4, 0.5) is 0 Å². The predicted molar refractivity (Wildman–Crippen MR) is 74.6 cm³/mol. The molecule has 0 aromatic carbocycles. The van der Waals surface area contributed by atoms with Gasteiger partial charge in [-0.15, -0.1) is 11.3 Å². The van der Waals surface area contributed by atoms with Crippen molar-refractivity contribution in [2.75, 3.05) is 0 Å². The molecule has 0 aliphatic heterocycles. The molecule has 0 fully saturated rings. The van der Waals surface area contributed by atoms with Crippen LogP contribution in [0.15, 0.2) is 36.0 Å². The van der Waals surface area contributed by atoms with Crippen molar-refractivity contribution < 1.29 is 5.11 Å². The maximum Gasteiger partial charge on any atom is 0.0864 e. The molecule has 0 saturated carbocycles. The van der Waals surface area contributed by atoms with Crippen molar-refractivity contribution in [1.82, 2.24) is 4.98 Å². The summed E-state index contributed by atoms with van der Waals surface area (Å²) >= 11 is 3.93. The van der Waals surface area contributed by atoms with Crippen LogP contribution >= 0.6 is 33.9 Å². The molecule has 1 N–H and O–H groups in total. The zero-order chi connectivity index (χ0) is 11.5. The van der Waals surface area contributed by atoms with Gasteiger partial charge in [-0.2, -0.15) is 0 Å². The van der Waals surface area contributed by atoms with E-state index in [2.05, 4.69) is 27.6 Å². The van der Waals surface area contributed by atoms with E-state index in [1.54, 1.807) is 23.7 Å². The van der Waals surface area contributed by atoms with Crippen LogP contribution in [0.1, 0.15) is 30.1 Å². The minimum Gasteiger partial charge on any atom is -0.388 e. The molecule has 0 spiro atoms. The lowest BCUT2D eigenvalue weighted by Crippen LogP contribution is -2.06. The van der Waals surface area contributed by atoms with Crippen LogP contribution in [0.25, 0.3) is 0 Å². The monoisotopic (exact) mass is 345 g/mol. The van der Waals surface area contributed by atoms with Crippen LogP contribution in [0.3, 0.4) is 0 Å².